The van der Waals surface area contributed by atoms with Crippen LogP contribution in [0.4, 0.5) is 0 Å². The lowest BCUT2D eigenvalue weighted by Gasteiger charge is -2.34. The minimum absolute atomic E-state index is 0.490. The molecule has 1 saturated carbocycles. The highest BCUT2D eigenvalue weighted by Crippen LogP contribution is 2.37. The molecule has 0 aromatic heterocycles. The van der Waals surface area contributed by atoms with E-state index in [-0.39, 0.29) is 0 Å². The largest absolute Gasteiger partial charge is 0.327 e. The first-order valence-electron chi connectivity index (χ1n) is 7.35. The molecule has 0 bridgehead atoms. The minimum Gasteiger partial charge on any atom is -0.327 e. The van der Waals surface area contributed by atoms with E-state index in [2.05, 4.69) is 35.2 Å². The lowest BCUT2D eigenvalue weighted by atomic mass is 9.87. The Morgan fingerprint density at radius 3 is 2.22 bits per heavy atom. The molecular weight excluding hydrogens is 220 g/mol. The van der Waals surface area contributed by atoms with Crippen LogP contribution in [0.25, 0.3) is 0 Å². The van der Waals surface area contributed by atoms with Crippen molar-refractivity contribution in [3.8, 4) is 0 Å². The van der Waals surface area contributed by atoms with Crippen molar-refractivity contribution < 1.29 is 0 Å². The maximum atomic E-state index is 6.33. The number of piperidine rings is 1. The third-order valence-electron chi connectivity index (χ3n) is 4.59. The van der Waals surface area contributed by atoms with Crippen molar-refractivity contribution in [1.82, 2.24) is 4.90 Å². The summed E-state index contributed by atoms with van der Waals surface area (Å²) in [5.41, 5.74) is 7.77. The number of rotatable bonds is 4. The minimum atomic E-state index is 0.490. The predicted molar refractivity (Wildman–Crippen MR) is 75.1 cm³/mol. The van der Waals surface area contributed by atoms with E-state index in [9.17, 15) is 0 Å². The van der Waals surface area contributed by atoms with Crippen LogP contribution in [0.3, 0.4) is 0 Å². The highest BCUT2D eigenvalue weighted by molar-refractivity contribution is 5.14. The average molecular weight is 244 g/mol. The Morgan fingerprint density at radius 1 is 1.00 bits per heavy atom. The van der Waals surface area contributed by atoms with Crippen LogP contribution in [0.5, 0.6) is 0 Å². The Balaban J connectivity index is 1.48. The van der Waals surface area contributed by atoms with E-state index in [1.54, 1.807) is 0 Å². The molecule has 1 aromatic rings. The number of nitrogens with two attached hydrogens (primary N) is 1. The van der Waals surface area contributed by atoms with Crippen LogP contribution >= 0.6 is 0 Å². The topological polar surface area (TPSA) is 29.3 Å². The first-order chi connectivity index (χ1) is 8.83. The van der Waals surface area contributed by atoms with Gasteiger partial charge in [-0.05, 0) is 56.2 Å². The quantitative estimate of drug-likeness (QED) is 0.882. The van der Waals surface area contributed by atoms with Gasteiger partial charge in [-0.15, -0.1) is 0 Å². The van der Waals surface area contributed by atoms with Gasteiger partial charge in [-0.25, -0.2) is 0 Å². The van der Waals surface area contributed by atoms with E-state index in [1.807, 2.05) is 0 Å². The summed E-state index contributed by atoms with van der Waals surface area (Å²) in [6, 6.07) is 11.3. The molecule has 18 heavy (non-hydrogen) atoms. The second kappa shape index (κ2) is 5.41. The first kappa shape index (κ1) is 12.2. The van der Waals surface area contributed by atoms with E-state index in [1.165, 1.54) is 44.3 Å². The van der Waals surface area contributed by atoms with Crippen LogP contribution in [-0.4, -0.2) is 24.0 Å². The summed E-state index contributed by atoms with van der Waals surface area (Å²) in [4.78, 5) is 2.57. The Morgan fingerprint density at radius 2 is 1.61 bits per heavy atom. The molecule has 0 amide bonds. The number of hydrogen-bond donors (Lipinski definition) is 1. The van der Waals surface area contributed by atoms with Gasteiger partial charge in [0.1, 0.15) is 0 Å². The normalized spacial score (nSPS) is 24.1. The zero-order valence-electron chi connectivity index (χ0n) is 11.1. The van der Waals surface area contributed by atoms with Crippen molar-refractivity contribution in [3.63, 3.8) is 0 Å². The van der Waals surface area contributed by atoms with Crippen LogP contribution in [0.2, 0.25) is 0 Å². The van der Waals surface area contributed by atoms with Crippen LogP contribution < -0.4 is 5.73 Å². The van der Waals surface area contributed by atoms with Crippen LogP contribution in [0, 0.1) is 11.8 Å². The Labute approximate surface area is 110 Å². The van der Waals surface area contributed by atoms with Gasteiger partial charge in [0, 0.05) is 12.6 Å². The molecule has 0 spiro atoms. The molecule has 1 atom stereocenters. The second-order valence-corrected chi connectivity index (χ2v) is 6.01. The van der Waals surface area contributed by atoms with Gasteiger partial charge >= 0.3 is 0 Å². The summed E-state index contributed by atoms with van der Waals surface area (Å²) in [6.45, 7) is 3.55. The summed E-state index contributed by atoms with van der Waals surface area (Å²) in [7, 11) is 0. The third kappa shape index (κ3) is 2.93. The SMILES string of the molecule is NC(C1CC1)C1CCN(Cc2ccccc2)CC1. The standard InChI is InChI=1S/C16H24N2/c17-16(14-6-7-14)15-8-10-18(11-9-15)12-13-4-2-1-3-5-13/h1-5,14-16H,6-12,17H2. The number of hydrogen-bond acceptors (Lipinski definition) is 2. The third-order valence-corrected chi connectivity index (χ3v) is 4.59. The molecule has 3 rings (SSSR count). The number of nitrogens with zero attached hydrogens (tertiary/aromatic N) is 1. The van der Waals surface area contributed by atoms with Crippen LogP contribution in [-0.2, 0) is 6.54 Å². The van der Waals surface area contributed by atoms with Crippen molar-refractivity contribution in [2.75, 3.05) is 13.1 Å². The fourth-order valence-electron chi connectivity index (χ4n) is 3.20. The fraction of sp³-hybridized carbons (Fsp3) is 0.625. The number of benzene rings is 1. The molecule has 1 unspecified atom stereocenters. The Bertz CT molecular complexity index is 364. The van der Waals surface area contributed by atoms with E-state index < -0.39 is 0 Å². The van der Waals surface area contributed by atoms with Gasteiger partial charge in [0.25, 0.3) is 0 Å². The fourth-order valence-corrected chi connectivity index (χ4v) is 3.20. The lowest BCUT2D eigenvalue weighted by molar-refractivity contribution is 0.157. The van der Waals surface area contributed by atoms with E-state index in [4.69, 9.17) is 5.73 Å². The molecule has 1 aliphatic heterocycles. The molecule has 2 fully saturated rings. The van der Waals surface area contributed by atoms with E-state index >= 15 is 0 Å². The molecule has 2 N–H and O–H groups in total. The van der Waals surface area contributed by atoms with Gasteiger partial charge in [0.15, 0.2) is 0 Å². The molecule has 1 aliphatic carbocycles. The summed E-state index contributed by atoms with van der Waals surface area (Å²) >= 11 is 0. The smallest absolute Gasteiger partial charge is 0.0233 e. The Hall–Kier alpha value is -0.860. The van der Waals surface area contributed by atoms with E-state index in [0.29, 0.717) is 6.04 Å². The lowest BCUT2D eigenvalue weighted by Crippen LogP contribution is -2.41. The van der Waals surface area contributed by atoms with Crippen molar-refractivity contribution in [2.45, 2.75) is 38.3 Å². The van der Waals surface area contributed by atoms with Gasteiger partial charge in [-0.2, -0.15) is 0 Å². The highest BCUT2D eigenvalue weighted by atomic mass is 15.1. The summed E-state index contributed by atoms with van der Waals surface area (Å²) in [5.74, 6) is 1.64. The van der Waals surface area contributed by atoms with Gasteiger partial charge in [0.05, 0.1) is 0 Å². The second-order valence-electron chi connectivity index (χ2n) is 6.01. The maximum Gasteiger partial charge on any atom is 0.0233 e. The van der Waals surface area contributed by atoms with Crippen LogP contribution in [0.15, 0.2) is 30.3 Å². The molecule has 2 aliphatic rings. The zero-order chi connectivity index (χ0) is 12.4. The van der Waals surface area contributed by atoms with Gasteiger partial charge < -0.3 is 5.73 Å². The molecule has 0 radical (unpaired) electrons. The Kier molecular flexibility index (Phi) is 3.67. The predicted octanol–water partition coefficient (Wildman–Crippen LogP) is 2.64. The molecule has 1 aromatic carbocycles. The molecule has 2 nitrogen and oxygen atoms in total. The average Bonchev–Trinajstić information content (AvgIpc) is 3.24. The van der Waals surface area contributed by atoms with Crippen molar-refractivity contribution in [3.05, 3.63) is 35.9 Å². The first-order valence-corrected chi connectivity index (χ1v) is 7.35. The summed E-state index contributed by atoms with van der Waals surface area (Å²) in [5, 5.41) is 0. The molecule has 1 saturated heterocycles. The molecule has 2 heteroatoms. The number of likely N-dealkylation sites (tertiary alicyclic amines) is 1. The van der Waals surface area contributed by atoms with Gasteiger partial charge in [-0.3, -0.25) is 4.90 Å². The van der Waals surface area contributed by atoms with E-state index in [0.717, 1.165) is 18.4 Å². The van der Waals surface area contributed by atoms with Crippen LogP contribution in [0.1, 0.15) is 31.2 Å². The van der Waals surface area contributed by atoms with Gasteiger partial charge in [-0.1, -0.05) is 30.3 Å². The zero-order valence-corrected chi connectivity index (χ0v) is 11.1. The van der Waals surface area contributed by atoms with Crippen molar-refractivity contribution in [1.29, 1.82) is 0 Å². The van der Waals surface area contributed by atoms with Crippen molar-refractivity contribution in [2.24, 2.45) is 17.6 Å². The maximum absolute atomic E-state index is 6.33. The summed E-state index contributed by atoms with van der Waals surface area (Å²) in [6.07, 6.45) is 5.35. The molecule has 1 heterocycles. The molecule has 98 valence electrons. The van der Waals surface area contributed by atoms with Crippen molar-refractivity contribution >= 4 is 0 Å². The monoisotopic (exact) mass is 244 g/mol. The summed E-state index contributed by atoms with van der Waals surface area (Å²) < 4.78 is 0. The highest BCUT2D eigenvalue weighted by Gasteiger charge is 2.35. The van der Waals surface area contributed by atoms with Gasteiger partial charge in [0.2, 0.25) is 0 Å². The molecular formula is C16H24N2.